The number of aromatic nitrogens is 1. The molecule has 100 valence electrons. The zero-order valence-corrected chi connectivity index (χ0v) is 11.3. The van der Waals surface area contributed by atoms with Gasteiger partial charge in [-0.25, -0.2) is 4.98 Å². The molecule has 0 N–H and O–H groups in total. The summed E-state index contributed by atoms with van der Waals surface area (Å²) in [4.78, 5) is 6.01. The second-order valence-electron chi connectivity index (χ2n) is 4.56. The number of nitrogens with zero attached hydrogens (tertiary/aromatic N) is 2. The summed E-state index contributed by atoms with van der Waals surface area (Å²) >= 11 is 0. The van der Waals surface area contributed by atoms with Crippen molar-refractivity contribution in [2.45, 2.75) is 6.92 Å². The number of hydrogen-bond acceptors (Lipinski definition) is 2. The molecule has 3 aromatic rings. The number of pyridine rings is 1. The van der Waals surface area contributed by atoms with Crippen LogP contribution in [0.1, 0.15) is 6.92 Å². The van der Waals surface area contributed by atoms with Crippen molar-refractivity contribution in [3.05, 3.63) is 66.6 Å². The van der Waals surface area contributed by atoms with Crippen LogP contribution in [0.25, 0.3) is 10.8 Å². The fourth-order valence-corrected chi connectivity index (χ4v) is 2.45. The summed E-state index contributed by atoms with van der Waals surface area (Å²) in [5, 5.41) is 2.31. The smallest absolute Gasteiger partial charge is 0.214 e. The van der Waals surface area contributed by atoms with Gasteiger partial charge in [-0.3, -0.25) is 0 Å². The van der Waals surface area contributed by atoms with Gasteiger partial charge in [0.25, 0.3) is 0 Å². The third kappa shape index (κ3) is 2.23. The normalized spacial score (nSPS) is 10.7. The summed E-state index contributed by atoms with van der Waals surface area (Å²) in [6.07, 6.45) is 0. The van der Waals surface area contributed by atoms with Crippen LogP contribution in [0.4, 0.5) is 15.9 Å². The van der Waals surface area contributed by atoms with E-state index < -0.39 is 5.95 Å². The van der Waals surface area contributed by atoms with Gasteiger partial charge in [0.1, 0.15) is 5.82 Å². The molecule has 2 nitrogen and oxygen atoms in total. The van der Waals surface area contributed by atoms with Crippen molar-refractivity contribution in [3.8, 4) is 0 Å². The Hall–Kier alpha value is -2.42. The minimum Gasteiger partial charge on any atom is -0.326 e. The van der Waals surface area contributed by atoms with E-state index in [-0.39, 0.29) is 0 Å². The van der Waals surface area contributed by atoms with Gasteiger partial charge >= 0.3 is 0 Å². The highest BCUT2D eigenvalue weighted by molar-refractivity contribution is 5.95. The molecule has 0 saturated heterocycles. The Morgan fingerprint density at radius 3 is 2.50 bits per heavy atom. The predicted molar refractivity (Wildman–Crippen MR) is 80.8 cm³/mol. The number of anilines is 2. The third-order valence-corrected chi connectivity index (χ3v) is 3.35. The van der Waals surface area contributed by atoms with Crippen LogP contribution in [-0.2, 0) is 0 Å². The molecule has 0 atom stereocenters. The van der Waals surface area contributed by atoms with Gasteiger partial charge in [0.2, 0.25) is 5.95 Å². The summed E-state index contributed by atoms with van der Waals surface area (Å²) in [6.45, 7) is 2.76. The van der Waals surface area contributed by atoms with Crippen molar-refractivity contribution in [1.82, 2.24) is 4.98 Å². The first-order chi connectivity index (χ1) is 9.79. The number of halogens is 1. The predicted octanol–water partition coefficient (Wildman–Crippen LogP) is 4.53. The van der Waals surface area contributed by atoms with Crippen molar-refractivity contribution in [2.24, 2.45) is 0 Å². The van der Waals surface area contributed by atoms with Crippen molar-refractivity contribution in [3.63, 3.8) is 0 Å². The number of benzene rings is 2. The topological polar surface area (TPSA) is 16.1 Å². The molecule has 0 fully saturated rings. The molecule has 3 heteroatoms. The van der Waals surface area contributed by atoms with E-state index in [0.717, 1.165) is 17.6 Å². The molecule has 0 aliphatic heterocycles. The Labute approximate surface area is 117 Å². The Morgan fingerprint density at radius 2 is 1.70 bits per heavy atom. The van der Waals surface area contributed by atoms with Crippen LogP contribution in [0.2, 0.25) is 0 Å². The number of rotatable bonds is 3. The maximum Gasteiger partial charge on any atom is 0.214 e. The van der Waals surface area contributed by atoms with E-state index in [9.17, 15) is 4.39 Å². The Bertz CT molecular complexity index is 734. The molecule has 20 heavy (non-hydrogen) atoms. The van der Waals surface area contributed by atoms with Gasteiger partial charge in [-0.1, -0.05) is 42.5 Å². The molecular formula is C17H15FN2. The van der Waals surface area contributed by atoms with Crippen LogP contribution in [0.15, 0.2) is 60.7 Å². The Kier molecular flexibility index (Phi) is 3.33. The average Bonchev–Trinajstić information content (AvgIpc) is 2.48. The summed E-state index contributed by atoms with van der Waals surface area (Å²) in [5.41, 5.74) is 1.05. The van der Waals surface area contributed by atoms with Gasteiger partial charge in [0, 0.05) is 11.9 Å². The highest BCUT2D eigenvalue weighted by Gasteiger charge is 2.12. The first-order valence-corrected chi connectivity index (χ1v) is 6.67. The minimum absolute atomic E-state index is 0.457. The van der Waals surface area contributed by atoms with Gasteiger partial charge in [-0.05, 0) is 30.5 Å². The Balaban J connectivity index is 2.17. The zero-order chi connectivity index (χ0) is 13.9. The highest BCUT2D eigenvalue weighted by atomic mass is 19.1. The molecule has 0 saturated carbocycles. The molecule has 0 amide bonds. The zero-order valence-electron chi connectivity index (χ0n) is 11.3. The quantitative estimate of drug-likeness (QED) is 0.647. The second kappa shape index (κ2) is 5.29. The van der Waals surface area contributed by atoms with Gasteiger partial charge in [-0.15, -0.1) is 0 Å². The standard InChI is InChI=1S/C17H15FN2/c1-2-20(17-12-6-11-16(18)19-17)15-10-5-8-13-7-3-4-9-14(13)15/h3-12H,2H2,1H3. The molecule has 0 aliphatic rings. The largest absolute Gasteiger partial charge is 0.326 e. The molecule has 0 bridgehead atoms. The summed E-state index contributed by atoms with van der Waals surface area (Å²) in [6, 6.07) is 19.2. The van der Waals surface area contributed by atoms with Crippen molar-refractivity contribution < 1.29 is 4.39 Å². The fraction of sp³-hybridized carbons (Fsp3) is 0.118. The summed E-state index contributed by atoms with van der Waals surface area (Å²) < 4.78 is 13.4. The van der Waals surface area contributed by atoms with Gasteiger partial charge < -0.3 is 4.90 Å². The van der Waals surface area contributed by atoms with E-state index >= 15 is 0 Å². The maximum atomic E-state index is 13.4. The van der Waals surface area contributed by atoms with Crippen LogP contribution in [-0.4, -0.2) is 11.5 Å². The SMILES string of the molecule is CCN(c1cccc(F)n1)c1cccc2ccccc12. The molecule has 0 spiro atoms. The van der Waals surface area contributed by atoms with Crippen LogP contribution in [0.3, 0.4) is 0 Å². The second-order valence-corrected chi connectivity index (χ2v) is 4.56. The molecule has 1 heterocycles. The molecule has 0 radical (unpaired) electrons. The number of fused-ring (bicyclic) bond motifs is 1. The first kappa shape index (κ1) is 12.6. The van der Waals surface area contributed by atoms with Gasteiger partial charge in [0.15, 0.2) is 0 Å². The van der Waals surface area contributed by atoms with Crippen LogP contribution < -0.4 is 4.90 Å². The molecule has 0 unspecified atom stereocenters. The van der Waals surface area contributed by atoms with E-state index in [1.54, 1.807) is 6.07 Å². The van der Waals surface area contributed by atoms with E-state index in [1.807, 2.05) is 42.2 Å². The van der Waals surface area contributed by atoms with E-state index in [2.05, 4.69) is 23.2 Å². The monoisotopic (exact) mass is 266 g/mol. The maximum absolute atomic E-state index is 13.4. The summed E-state index contributed by atoms with van der Waals surface area (Å²) in [7, 11) is 0. The van der Waals surface area contributed by atoms with Crippen molar-refractivity contribution in [1.29, 1.82) is 0 Å². The van der Waals surface area contributed by atoms with E-state index in [1.165, 1.54) is 11.5 Å². The van der Waals surface area contributed by atoms with Crippen LogP contribution in [0, 0.1) is 5.95 Å². The van der Waals surface area contributed by atoms with E-state index in [0.29, 0.717) is 5.82 Å². The van der Waals surface area contributed by atoms with Crippen molar-refractivity contribution >= 4 is 22.3 Å². The lowest BCUT2D eigenvalue weighted by molar-refractivity contribution is 0.583. The van der Waals surface area contributed by atoms with Gasteiger partial charge in [-0.2, -0.15) is 4.39 Å². The fourth-order valence-electron chi connectivity index (χ4n) is 2.45. The average molecular weight is 266 g/mol. The van der Waals surface area contributed by atoms with Crippen molar-refractivity contribution in [2.75, 3.05) is 11.4 Å². The summed E-state index contributed by atoms with van der Waals surface area (Å²) in [5.74, 6) is 0.171. The third-order valence-electron chi connectivity index (χ3n) is 3.35. The first-order valence-electron chi connectivity index (χ1n) is 6.67. The van der Waals surface area contributed by atoms with Crippen LogP contribution >= 0.6 is 0 Å². The minimum atomic E-state index is -0.457. The van der Waals surface area contributed by atoms with Gasteiger partial charge in [0.05, 0.1) is 5.69 Å². The van der Waals surface area contributed by atoms with Crippen LogP contribution in [0.5, 0.6) is 0 Å². The molecule has 2 aromatic carbocycles. The van der Waals surface area contributed by atoms with E-state index in [4.69, 9.17) is 0 Å². The Morgan fingerprint density at radius 1 is 0.950 bits per heavy atom. The molecule has 3 rings (SSSR count). The lowest BCUT2D eigenvalue weighted by atomic mass is 10.1. The molecule has 0 aliphatic carbocycles. The lowest BCUT2D eigenvalue weighted by Crippen LogP contribution is -2.17. The molecular weight excluding hydrogens is 251 g/mol. The molecule has 1 aromatic heterocycles. The lowest BCUT2D eigenvalue weighted by Gasteiger charge is -2.23. The number of hydrogen-bond donors (Lipinski definition) is 0. The highest BCUT2D eigenvalue weighted by Crippen LogP contribution is 2.31.